The monoisotopic (exact) mass is 349 g/mol. The van der Waals surface area contributed by atoms with E-state index in [-0.39, 0.29) is 27.6 Å². The second-order valence-corrected chi connectivity index (χ2v) is 6.01. The third kappa shape index (κ3) is 3.07. The molecule has 0 unspecified atom stereocenters. The highest BCUT2D eigenvalue weighted by atomic mass is 32.2. The predicted molar refractivity (Wildman–Crippen MR) is 93.2 cm³/mol. The molecule has 6 nitrogen and oxygen atoms in total. The molecule has 7 heteroatoms. The molecule has 0 aliphatic heterocycles. The fourth-order valence-corrected chi connectivity index (χ4v) is 2.94. The third-order valence-corrected chi connectivity index (χ3v) is 4.32. The lowest BCUT2D eigenvalue weighted by molar-refractivity contribution is 0.0979. The van der Waals surface area contributed by atoms with E-state index in [1.54, 1.807) is 30.3 Å². The number of thioether (sulfide) groups is 1. The first kappa shape index (κ1) is 16.6. The molecule has 0 radical (unpaired) electrons. The van der Waals surface area contributed by atoms with Crippen molar-refractivity contribution in [1.82, 2.24) is 4.98 Å². The summed E-state index contributed by atoms with van der Waals surface area (Å²) in [6.07, 6.45) is 1.43. The van der Waals surface area contributed by atoms with Crippen LogP contribution in [0.4, 0.5) is 5.69 Å². The van der Waals surface area contributed by atoms with Gasteiger partial charge < -0.3 is 5.32 Å². The van der Waals surface area contributed by atoms with Gasteiger partial charge in [-0.15, -0.1) is 0 Å². The summed E-state index contributed by atoms with van der Waals surface area (Å²) < 4.78 is 0. The highest BCUT2D eigenvalue weighted by Crippen LogP contribution is 2.32. The molecule has 25 heavy (non-hydrogen) atoms. The predicted octanol–water partition coefficient (Wildman–Crippen LogP) is 3.20. The Morgan fingerprint density at radius 3 is 2.52 bits per heavy atom. The quantitative estimate of drug-likeness (QED) is 0.668. The highest BCUT2D eigenvalue weighted by Gasteiger charge is 2.34. The summed E-state index contributed by atoms with van der Waals surface area (Å²) >= 11 is 0.621. The number of anilines is 1. The number of carbonyl (C=O) groups is 3. The van der Waals surface area contributed by atoms with Gasteiger partial charge >= 0.3 is 0 Å². The van der Waals surface area contributed by atoms with Gasteiger partial charge in [-0.2, -0.15) is 5.26 Å². The van der Waals surface area contributed by atoms with Gasteiger partial charge in [0.2, 0.25) is 11.6 Å². The maximum absolute atomic E-state index is 12.7. The second-order valence-electron chi connectivity index (χ2n) is 5.21. The Morgan fingerprint density at radius 2 is 1.88 bits per heavy atom. The van der Waals surface area contributed by atoms with Crippen LogP contribution < -0.4 is 5.32 Å². The fraction of sp³-hybridized carbons (Fsp3) is 0.0556. The first-order chi connectivity index (χ1) is 12.0. The van der Waals surface area contributed by atoms with Crippen LogP contribution in [-0.4, -0.2) is 22.3 Å². The molecule has 1 aliphatic carbocycles. The molecule has 1 aromatic carbocycles. The number of benzene rings is 1. The van der Waals surface area contributed by atoms with Crippen molar-refractivity contribution in [2.24, 2.45) is 0 Å². The third-order valence-electron chi connectivity index (χ3n) is 3.64. The first-order valence-corrected chi connectivity index (χ1v) is 8.07. The number of fused-ring (bicyclic) bond motifs is 1. The number of rotatable bonds is 4. The summed E-state index contributed by atoms with van der Waals surface area (Å²) in [5, 5.41) is 13.7. The molecule has 1 heterocycles. The molecule has 0 saturated carbocycles. The molecule has 0 bridgehead atoms. The molecule has 1 N–H and O–H groups in total. The number of ketones is 3. The van der Waals surface area contributed by atoms with Crippen molar-refractivity contribution in [3.63, 3.8) is 0 Å². The van der Waals surface area contributed by atoms with E-state index in [1.807, 2.05) is 5.40 Å². The summed E-state index contributed by atoms with van der Waals surface area (Å²) in [7, 11) is 0. The number of nitriles is 1. The lowest BCUT2D eigenvalue weighted by Gasteiger charge is -2.19. The van der Waals surface area contributed by atoms with Crippen molar-refractivity contribution in [1.29, 1.82) is 5.26 Å². The van der Waals surface area contributed by atoms with Gasteiger partial charge in [-0.1, -0.05) is 0 Å². The Balaban J connectivity index is 2.03. The molecule has 1 aromatic heterocycles. The topological polar surface area (TPSA) is 99.9 Å². The molecule has 3 rings (SSSR count). The Hall–Kier alpha value is -3.24. The molecule has 0 fully saturated rings. The number of nitrogens with zero attached hydrogens (tertiary/aromatic N) is 2. The maximum atomic E-state index is 12.7. The van der Waals surface area contributed by atoms with E-state index in [4.69, 9.17) is 5.26 Å². The van der Waals surface area contributed by atoms with Crippen molar-refractivity contribution in [2.75, 3.05) is 5.32 Å². The number of hydrogen-bond donors (Lipinski definition) is 1. The summed E-state index contributed by atoms with van der Waals surface area (Å²) in [5.41, 5.74) is 1.34. The highest BCUT2D eigenvalue weighted by molar-refractivity contribution is 8.08. The zero-order valence-electron chi connectivity index (χ0n) is 13.1. The van der Waals surface area contributed by atoms with Gasteiger partial charge in [0.25, 0.3) is 0 Å². The zero-order valence-corrected chi connectivity index (χ0v) is 13.9. The summed E-state index contributed by atoms with van der Waals surface area (Å²) in [4.78, 5) is 40.6. The van der Waals surface area contributed by atoms with E-state index >= 15 is 0 Å². The van der Waals surface area contributed by atoms with Gasteiger partial charge in [-0.25, -0.2) is 0 Å². The summed E-state index contributed by atoms with van der Waals surface area (Å²) in [5.74, 6) is -0.948. The number of thiocyanates is 1. The molecule has 0 spiro atoms. The molecular formula is C18H11N3O3S. The largest absolute Gasteiger partial charge is 0.351 e. The summed E-state index contributed by atoms with van der Waals surface area (Å²) in [6.45, 7) is 1.46. The minimum absolute atomic E-state index is 0.00865. The van der Waals surface area contributed by atoms with Crippen molar-refractivity contribution in [2.45, 2.75) is 6.92 Å². The van der Waals surface area contributed by atoms with E-state index in [9.17, 15) is 14.4 Å². The Morgan fingerprint density at radius 1 is 1.16 bits per heavy atom. The van der Waals surface area contributed by atoms with Crippen LogP contribution in [0.2, 0.25) is 0 Å². The minimum Gasteiger partial charge on any atom is -0.351 e. The van der Waals surface area contributed by atoms with Crippen molar-refractivity contribution >= 4 is 34.8 Å². The van der Waals surface area contributed by atoms with Crippen LogP contribution in [0.5, 0.6) is 0 Å². The van der Waals surface area contributed by atoms with Crippen LogP contribution in [0, 0.1) is 10.7 Å². The van der Waals surface area contributed by atoms with Crippen LogP contribution in [0.15, 0.2) is 53.2 Å². The normalized spacial score (nSPS) is 13.3. The number of allylic oxidation sites excluding steroid dienone is 2. The summed E-state index contributed by atoms with van der Waals surface area (Å²) in [6, 6.07) is 9.60. The van der Waals surface area contributed by atoms with Crippen LogP contribution in [0.3, 0.4) is 0 Å². The van der Waals surface area contributed by atoms with Crippen LogP contribution in [-0.2, 0) is 0 Å². The zero-order chi connectivity index (χ0) is 18.0. The van der Waals surface area contributed by atoms with Gasteiger partial charge in [0, 0.05) is 17.4 Å². The molecule has 2 aromatic rings. The standard InChI is InChI=1S/C18H11N3O3S/c1-10(22)11-4-6-12(7-5-11)21-15-16(23)13-3-2-8-20-14(13)17(24)18(15)25-9-19/h2-8,21H,1H3. The number of carbonyl (C=O) groups excluding carboxylic acids is 3. The van der Waals surface area contributed by atoms with E-state index in [1.165, 1.54) is 19.2 Å². The number of nitrogens with one attached hydrogen (secondary N) is 1. The minimum atomic E-state index is -0.468. The Kier molecular flexibility index (Phi) is 4.46. The van der Waals surface area contributed by atoms with Crippen LogP contribution in [0.1, 0.15) is 38.1 Å². The average Bonchev–Trinajstić information content (AvgIpc) is 2.63. The van der Waals surface area contributed by atoms with Crippen LogP contribution in [0.25, 0.3) is 0 Å². The van der Waals surface area contributed by atoms with Crippen molar-refractivity contribution < 1.29 is 14.4 Å². The number of aromatic nitrogens is 1. The molecular weight excluding hydrogens is 338 g/mol. The van der Waals surface area contributed by atoms with E-state index < -0.39 is 11.6 Å². The number of pyridine rings is 1. The van der Waals surface area contributed by atoms with Crippen molar-refractivity contribution in [3.8, 4) is 5.40 Å². The number of hydrogen-bond acceptors (Lipinski definition) is 7. The Labute approximate surface area is 147 Å². The van der Waals surface area contributed by atoms with Gasteiger partial charge in [-0.05, 0) is 55.1 Å². The molecule has 1 aliphatic rings. The van der Waals surface area contributed by atoms with E-state index in [0.717, 1.165) is 0 Å². The molecule has 122 valence electrons. The number of Topliss-reactive ketones (excluding diaryl/α,β-unsaturated/α-hetero) is 3. The first-order valence-electron chi connectivity index (χ1n) is 7.25. The lowest BCUT2D eigenvalue weighted by Crippen LogP contribution is -2.25. The van der Waals surface area contributed by atoms with Gasteiger partial charge in [-0.3, -0.25) is 19.4 Å². The maximum Gasteiger partial charge on any atom is 0.221 e. The SMILES string of the molecule is CC(=O)c1ccc(NC2=C(SC#N)C(=O)c3ncccc3C2=O)cc1. The van der Waals surface area contributed by atoms with Gasteiger partial charge in [0.1, 0.15) is 16.8 Å². The van der Waals surface area contributed by atoms with Gasteiger partial charge in [0.15, 0.2) is 5.78 Å². The van der Waals surface area contributed by atoms with Crippen molar-refractivity contribution in [3.05, 3.63) is 70.0 Å². The average molecular weight is 349 g/mol. The van der Waals surface area contributed by atoms with E-state index in [0.29, 0.717) is 23.0 Å². The van der Waals surface area contributed by atoms with E-state index in [2.05, 4.69) is 10.3 Å². The Bertz CT molecular complexity index is 972. The fourth-order valence-electron chi connectivity index (χ4n) is 2.42. The molecule has 0 saturated heterocycles. The smallest absolute Gasteiger partial charge is 0.221 e. The molecule has 0 amide bonds. The molecule has 0 atom stereocenters. The van der Waals surface area contributed by atoms with Gasteiger partial charge in [0.05, 0.1) is 10.5 Å². The van der Waals surface area contributed by atoms with Crippen LogP contribution >= 0.6 is 11.8 Å². The second kappa shape index (κ2) is 6.71. The lowest BCUT2D eigenvalue weighted by atomic mass is 9.96.